The van der Waals surface area contributed by atoms with Gasteiger partial charge >= 0.3 is 0 Å². The van der Waals surface area contributed by atoms with Crippen molar-refractivity contribution in [2.45, 2.75) is 0 Å². The van der Waals surface area contributed by atoms with Crippen LogP contribution in [-0.4, -0.2) is 4.98 Å². The molecule has 0 saturated heterocycles. The van der Waals surface area contributed by atoms with E-state index in [1.807, 2.05) is 18.2 Å². The maximum Gasteiger partial charge on any atom is 0.143 e. The van der Waals surface area contributed by atoms with E-state index in [1.54, 1.807) is 0 Å². The molecular formula is C49H29NO2. The van der Waals surface area contributed by atoms with Gasteiger partial charge in [0, 0.05) is 54.4 Å². The zero-order valence-electron chi connectivity index (χ0n) is 28.0. The Balaban J connectivity index is 1.10. The van der Waals surface area contributed by atoms with Crippen LogP contribution in [0.15, 0.2) is 185 Å². The van der Waals surface area contributed by atoms with Gasteiger partial charge in [-0.2, -0.15) is 0 Å². The monoisotopic (exact) mass is 663 g/mol. The van der Waals surface area contributed by atoms with Crippen LogP contribution in [0.5, 0.6) is 0 Å². The normalized spacial score (nSPS) is 11.8. The third-order valence-electron chi connectivity index (χ3n) is 10.5. The van der Waals surface area contributed by atoms with Gasteiger partial charge in [0.05, 0.1) is 11.2 Å². The molecule has 11 rings (SSSR count). The van der Waals surface area contributed by atoms with Crippen molar-refractivity contribution in [3.8, 4) is 44.6 Å². The number of benzene rings is 8. The minimum Gasteiger partial charge on any atom is -0.456 e. The Morgan fingerprint density at radius 3 is 1.83 bits per heavy atom. The van der Waals surface area contributed by atoms with Gasteiger partial charge in [-0.25, -0.2) is 4.98 Å². The van der Waals surface area contributed by atoms with E-state index in [9.17, 15) is 0 Å². The summed E-state index contributed by atoms with van der Waals surface area (Å²) < 4.78 is 12.9. The smallest absolute Gasteiger partial charge is 0.143 e. The van der Waals surface area contributed by atoms with Gasteiger partial charge in [0.15, 0.2) is 0 Å². The predicted molar refractivity (Wildman–Crippen MR) is 216 cm³/mol. The number of nitrogens with zero attached hydrogens (tertiary/aromatic N) is 1. The number of para-hydroxylation sites is 4. The van der Waals surface area contributed by atoms with Crippen molar-refractivity contribution in [3.63, 3.8) is 0 Å². The average Bonchev–Trinajstić information content (AvgIpc) is 3.78. The van der Waals surface area contributed by atoms with Crippen LogP contribution in [0.4, 0.5) is 0 Å². The number of furan rings is 2. The maximum atomic E-state index is 6.58. The molecule has 0 saturated carbocycles. The first kappa shape index (κ1) is 28.8. The second-order valence-electron chi connectivity index (χ2n) is 13.4. The molecule has 3 heterocycles. The van der Waals surface area contributed by atoms with Crippen LogP contribution in [0.1, 0.15) is 0 Å². The van der Waals surface area contributed by atoms with Gasteiger partial charge in [0.1, 0.15) is 22.3 Å². The molecule has 0 radical (unpaired) electrons. The van der Waals surface area contributed by atoms with Crippen LogP contribution < -0.4 is 0 Å². The topological polar surface area (TPSA) is 39.2 Å². The van der Waals surface area contributed by atoms with Crippen molar-refractivity contribution in [1.29, 1.82) is 0 Å². The number of aromatic nitrogens is 1. The molecule has 3 heteroatoms. The molecule has 0 amide bonds. The summed E-state index contributed by atoms with van der Waals surface area (Å²) in [6.45, 7) is 0. The SMILES string of the molecule is c1ccc(-c2c3c(cc4c(-c5cccc(-c6ccc(-c7cccc8c7oc7ccccc78)cc6)c5)nc5ccccc5c24)oc2ccccc23)cc1. The highest BCUT2D eigenvalue weighted by atomic mass is 16.3. The lowest BCUT2D eigenvalue weighted by atomic mass is 9.89. The molecule has 11 aromatic rings. The molecule has 0 aliphatic rings. The van der Waals surface area contributed by atoms with Crippen molar-refractivity contribution >= 4 is 65.6 Å². The van der Waals surface area contributed by atoms with E-state index in [-0.39, 0.29) is 0 Å². The van der Waals surface area contributed by atoms with E-state index >= 15 is 0 Å². The van der Waals surface area contributed by atoms with Crippen LogP contribution in [0.2, 0.25) is 0 Å². The first-order valence-electron chi connectivity index (χ1n) is 17.6. The number of pyridine rings is 1. The second-order valence-corrected chi connectivity index (χ2v) is 13.4. The van der Waals surface area contributed by atoms with Crippen LogP contribution >= 0.6 is 0 Å². The lowest BCUT2D eigenvalue weighted by Crippen LogP contribution is -1.93. The molecule has 3 aromatic heterocycles. The number of rotatable bonds is 4. The molecule has 8 aromatic carbocycles. The van der Waals surface area contributed by atoms with Gasteiger partial charge in [0.2, 0.25) is 0 Å². The molecule has 0 spiro atoms. The molecule has 52 heavy (non-hydrogen) atoms. The maximum absolute atomic E-state index is 6.58. The molecule has 0 fully saturated rings. The first-order valence-corrected chi connectivity index (χ1v) is 17.6. The predicted octanol–water partition coefficient (Wildman–Crippen LogP) is 13.9. The zero-order valence-corrected chi connectivity index (χ0v) is 28.0. The number of fused-ring (bicyclic) bond motifs is 9. The van der Waals surface area contributed by atoms with Crippen LogP contribution in [0.3, 0.4) is 0 Å². The molecule has 3 nitrogen and oxygen atoms in total. The van der Waals surface area contributed by atoms with Crippen molar-refractivity contribution in [2.75, 3.05) is 0 Å². The summed E-state index contributed by atoms with van der Waals surface area (Å²) in [6, 6.07) is 61.9. The van der Waals surface area contributed by atoms with Crippen LogP contribution in [0, 0.1) is 0 Å². The molecular weight excluding hydrogens is 635 g/mol. The lowest BCUT2D eigenvalue weighted by molar-refractivity contribution is 0.669. The minimum atomic E-state index is 0.858. The second kappa shape index (κ2) is 11.3. The minimum absolute atomic E-state index is 0.858. The lowest BCUT2D eigenvalue weighted by Gasteiger charge is -2.16. The average molecular weight is 664 g/mol. The third-order valence-corrected chi connectivity index (χ3v) is 10.5. The van der Waals surface area contributed by atoms with Crippen molar-refractivity contribution in [1.82, 2.24) is 4.98 Å². The number of hydrogen-bond acceptors (Lipinski definition) is 3. The standard InChI is InChI=1S/C49H29NO2/c1-2-12-32(13-3-1)45-46-38-17-4-7-21-41(38)50-48(40(46)29-44-47(45)39-18-6-9-23-43(39)51-44)34-15-10-14-33(28-34)30-24-26-31(27-25-30)35-19-11-20-37-36-16-5-8-22-42(36)52-49(35)37/h1-29H. The Kier molecular flexibility index (Phi) is 6.25. The van der Waals surface area contributed by atoms with Crippen LogP contribution in [-0.2, 0) is 0 Å². The van der Waals surface area contributed by atoms with Crippen molar-refractivity contribution < 1.29 is 8.83 Å². The van der Waals surface area contributed by atoms with E-state index in [0.717, 1.165) is 99.2 Å². The third kappa shape index (κ3) is 4.36. The summed E-state index contributed by atoms with van der Waals surface area (Å²) in [5.41, 5.74) is 13.3. The highest BCUT2D eigenvalue weighted by Crippen LogP contribution is 2.46. The van der Waals surface area contributed by atoms with E-state index in [1.165, 1.54) is 10.9 Å². The molecule has 0 aliphatic carbocycles. The molecule has 0 aliphatic heterocycles. The summed E-state index contributed by atoms with van der Waals surface area (Å²) in [5, 5.41) is 7.88. The summed E-state index contributed by atoms with van der Waals surface area (Å²) in [6.07, 6.45) is 0. The molecule has 242 valence electrons. The first-order chi connectivity index (χ1) is 25.8. The van der Waals surface area contributed by atoms with Gasteiger partial charge < -0.3 is 8.83 Å². The molecule has 0 atom stereocenters. The highest BCUT2D eigenvalue weighted by Gasteiger charge is 2.21. The number of hydrogen-bond donors (Lipinski definition) is 0. The Bertz CT molecular complexity index is 3170. The highest BCUT2D eigenvalue weighted by molar-refractivity contribution is 6.27. The van der Waals surface area contributed by atoms with Crippen LogP contribution in [0.25, 0.3) is 110 Å². The largest absolute Gasteiger partial charge is 0.456 e. The van der Waals surface area contributed by atoms with E-state index in [2.05, 4.69) is 158 Å². The van der Waals surface area contributed by atoms with Gasteiger partial charge in [-0.1, -0.05) is 146 Å². The summed E-state index contributed by atoms with van der Waals surface area (Å²) >= 11 is 0. The quantitative estimate of drug-likeness (QED) is 0.176. The summed E-state index contributed by atoms with van der Waals surface area (Å²) in [5.74, 6) is 0. The van der Waals surface area contributed by atoms with E-state index in [4.69, 9.17) is 13.8 Å². The van der Waals surface area contributed by atoms with Gasteiger partial charge in [0.25, 0.3) is 0 Å². The molecule has 0 bridgehead atoms. The Hall–Kier alpha value is -6.97. The fraction of sp³-hybridized carbons (Fsp3) is 0. The van der Waals surface area contributed by atoms with E-state index < -0.39 is 0 Å². The zero-order chi connectivity index (χ0) is 34.2. The molecule has 0 unspecified atom stereocenters. The molecule has 0 N–H and O–H groups in total. The van der Waals surface area contributed by atoms with E-state index in [0.29, 0.717) is 0 Å². The van der Waals surface area contributed by atoms with Gasteiger partial charge in [-0.3, -0.25) is 0 Å². The Morgan fingerprint density at radius 1 is 0.346 bits per heavy atom. The summed E-state index contributed by atoms with van der Waals surface area (Å²) in [4.78, 5) is 5.35. The summed E-state index contributed by atoms with van der Waals surface area (Å²) in [7, 11) is 0. The Morgan fingerprint density at radius 2 is 0.981 bits per heavy atom. The van der Waals surface area contributed by atoms with Gasteiger partial charge in [-0.05, 0) is 52.6 Å². The van der Waals surface area contributed by atoms with Crippen molar-refractivity contribution in [2.24, 2.45) is 0 Å². The van der Waals surface area contributed by atoms with Crippen molar-refractivity contribution in [3.05, 3.63) is 176 Å². The fourth-order valence-electron chi connectivity index (χ4n) is 8.09. The Labute approximate surface area is 299 Å². The van der Waals surface area contributed by atoms with Gasteiger partial charge in [-0.15, -0.1) is 0 Å². The fourth-order valence-corrected chi connectivity index (χ4v) is 8.09.